The fourth-order valence-corrected chi connectivity index (χ4v) is 5.20. The van der Waals surface area contributed by atoms with Gasteiger partial charge in [0.05, 0.1) is 11.1 Å². The zero-order valence-electron chi connectivity index (χ0n) is 22.6. The van der Waals surface area contributed by atoms with Gasteiger partial charge >= 0.3 is 0 Å². The highest BCUT2D eigenvalue weighted by atomic mass is 19.1. The monoisotopic (exact) mass is 572 g/mol. The lowest BCUT2D eigenvalue weighted by Crippen LogP contribution is -2.15. The van der Waals surface area contributed by atoms with E-state index in [9.17, 15) is 18.8 Å². The number of nitrogens with zero attached hydrogens (tertiary/aromatic N) is 1. The molecule has 10 heteroatoms. The van der Waals surface area contributed by atoms with E-state index in [0.717, 1.165) is 21.9 Å². The normalized spacial score (nSPS) is 11.0. The molecule has 43 heavy (non-hydrogen) atoms. The first-order valence-corrected chi connectivity index (χ1v) is 13.3. The van der Waals surface area contributed by atoms with Gasteiger partial charge in [0.15, 0.2) is 0 Å². The Hall–Kier alpha value is -5.87. The summed E-state index contributed by atoms with van der Waals surface area (Å²) in [5.74, 6) is -1.74. The minimum atomic E-state index is -0.603. The zero-order chi connectivity index (χ0) is 30.1. The number of primary amides is 1. The molecular weight excluding hydrogens is 547 g/mol. The number of benzene rings is 4. The van der Waals surface area contributed by atoms with Crippen molar-refractivity contribution in [2.75, 3.05) is 10.6 Å². The molecule has 0 spiro atoms. The van der Waals surface area contributed by atoms with Crippen LogP contribution in [0.1, 0.15) is 36.6 Å². The van der Waals surface area contributed by atoms with Crippen LogP contribution in [0.25, 0.3) is 32.9 Å². The first-order valence-electron chi connectivity index (χ1n) is 13.3. The van der Waals surface area contributed by atoms with E-state index in [1.807, 2.05) is 12.1 Å². The van der Waals surface area contributed by atoms with E-state index in [0.29, 0.717) is 44.7 Å². The van der Waals surface area contributed by atoms with E-state index in [1.165, 1.54) is 24.3 Å². The number of carbonyl (C=O) groups excluding carboxylic acids is 3. The zero-order valence-corrected chi connectivity index (χ0v) is 22.6. The van der Waals surface area contributed by atoms with Crippen molar-refractivity contribution in [3.8, 4) is 11.1 Å². The molecule has 2 aromatic heterocycles. The van der Waals surface area contributed by atoms with Gasteiger partial charge in [0.25, 0.3) is 17.7 Å². The summed E-state index contributed by atoms with van der Waals surface area (Å²) in [6.45, 7) is 0.0990. The molecule has 212 valence electrons. The molecular formula is C33H25FN6O3. The highest BCUT2D eigenvalue weighted by Crippen LogP contribution is 2.40. The molecule has 0 fully saturated rings. The van der Waals surface area contributed by atoms with Crippen LogP contribution in [0, 0.1) is 5.82 Å². The summed E-state index contributed by atoms with van der Waals surface area (Å²) in [4.78, 5) is 45.3. The van der Waals surface area contributed by atoms with Crippen molar-refractivity contribution in [2.45, 2.75) is 6.54 Å². The van der Waals surface area contributed by atoms with Gasteiger partial charge in [0.2, 0.25) is 0 Å². The molecule has 0 aliphatic rings. The molecule has 0 atom stereocenters. The summed E-state index contributed by atoms with van der Waals surface area (Å²) >= 11 is 0. The standard InChI is InChI=1S/C33H25FN6O3/c34-20-6-4-18(5-7-20)33(43)40-27-3-1-2-22(26(27)17-35)23-10-11-25(31(36)41)30-29(23)24-9-8-21(16-28(24)39-30)38-32(42)19-12-14-37-15-13-19/h1-16,39H,17,35H2,(H2,36,41)(H,38,42)(H,40,43). The second kappa shape index (κ2) is 11.2. The maximum Gasteiger partial charge on any atom is 0.255 e. The van der Waals surface area contributed by atoms with Crippen molar-refractivity contribution in [2.24, 2.45) is 11.5 Å². The molecule has 0 aliphatic heterocycles. The van der Waals surface area contributed by atoms with Crippen molar-refractivity contribution < 1.29 is 18.8 Å². The number of rotatable bonds is 7. The molecule has 6 rings (SSSR count). The number of amides is 3. The SMILES string of the molecule is NCc1c(NC(=O)c2ccc(F)cc2)cccc1-c1ccc(C(N)=O)c2[nH]c3cc(NC(=O)c4ccncc4)ccc3c12. The van der Waals surface area contributed by atoms with E-state index >= 15 is 0 Å². The van der Waals surface area contributed by atoms with Gasteiger partial charge in [-0.3, -0.25) is 19.4 Å². The van der Waals surface area contributed by atoms with Crippen LogP contribution in [-0.2, 0) is 6.54 Å². The van der Waals surface area contributed by atoms with E-state index in [-0.39, 0.29) is 12.5 Å². The third-order valence-electron chi connectivity index (χ3n) is 7.24. The van der Waals surface area contributed by atoms with Crippen LogP contribution in [0.3, 0.4) is 0 Å². The van der Waals surface area contributed by atoms with Gasteiger partial charge < -0.3 is 27.1 Å². The van der Waals surface area contributed by atoms with Gasteiger partial charge in [-0.2, -0.15) is 0 Å². The maximum absolute atomic E-state index is 13.4. The molecule has 4 aromatic carbocycles. The number of fused-ring (bicyclic) bond motifs is 3. The Kier molecular flexibility index (Phi) is 7.10. The van der Waals surface area contributed by atoms with Gasteiger partial charge in [-0.05, 0) is 77.4 Å². The van der Waals surface area contributed by atoms with Crippen LogP contribution >= 0.6 is 0 Å². The third kappa shape index (κ3) is 5.18. The highest BCUT2D eigenvalue weighted by Gasteiger charge is 2.20. The average Bonchev–Trinajstić information content (AvgIpc) is 3.40. The first-order chi connectivity index (χ1) is 20.8. The van der Waals surface area contributed by atoms with Crippen molar-refractivity contribution in [1.29, 1.82) is 0 Å². The number of pyridine rings is 1. The fraction of sp³-hybridized carbons (Fsp3) is 0.0303. The summed E-state index contributed by atoms with van der Waals surface area (Å²) in [7, 11) is 0. The van der Waals surface area contributed by atoms with Crippen molar-refractivity contribution in [3.63, 3.8) is 0 Å². The van der Waals surface area contributed by atoms with Crippen LogP contribution in [0.2, 0.25) is 0 Å². The average molecular weight is 573 g/mol. The minimum absolute atomic E-state index is 0.0990. The quantitative estimate of drug-likeness (QED) is 0.169. The van der Waals surface area contributed by atoms with Gasteiger partial charge in [0, 0.05) is 57.7 Å². The second-order valence-corrected chi connectivity index (χ2v) is 9.85. The molecule has 0 radical (unpaired) electrons. The number of hydrogen-bond donors (Lipinski definition) is 5. The molecule has 0 aliphatic carbocycles. The lowest BCUT2D eigenvalue weighted by molar-refractivity contribution is 0.0997. The molecule has 2 heterocycles. The maximum atomic E-state index is 13.4. The Bertz CT molecular complexity index is 2040. The van der Waals surface area contributed by atoms with Gasteiger partial charge in [0.1, 0.15) is 5.82 Å². The van der Waals surface area contributed by atoms with Crippen molar-refractivity contribution in [1.82, 2.24) is 9.97 Å². The fourth-order valence-electron chi connectivity index (χ4n) is 5.20. The Morgan fingerprint density at radius 1 is 0.814 bits per heavy atom. The Morgan fingerprint density at radius 3 is 2.26 bits per heavy atom. The molecule has 3 amide bonds. The first kappa shape index (κ1) is 27.3. The highest BCUT2D eigenvalue weighted by molar-refractivity contribution is 6.21. The topological polar surface area (TPSA) is 156 Å². The van der Waals surface area contributed by atoms with E-state index in [1.54, 1.807) is 60.9 Å². The summed E-state index contributed by atoms with van der Waals surface area (Å²) in [6, 6.07) is 22.8. The predicted molar refractivity (Wildman–Crippen MR) is 164 cm³/mol. The van der Waals surface area contributed by atoms with Gasteiger partial charge in [-0.1, -0.05) is 24.3 Å². The number of carbonyl (C=O) groups is 3. The second-order valence-electron chi connectivity index (χ2n) is 9.85. The number of hydrogen-bond acceptors (Lipinski definition) is 5. The predicted octanol–water partition coefficient (Wildman–Crippen LogP) is 5.58. The summed E-state index contributed by atoms with van der Waals surface area (Å²) in [6.07, 6.45) is 3.09. The van der Waals surface area contributed by atoms with Crippen LogP contribution in [-0.4, -0.2) is 27.7 Å². The summed E-state index contributed by atoms with van der Waals surface area (Å²) in [5.41, 5.74) is 17.5. The molecule has 0 saturated heterocycles. The van der Waals surface area contributed by atoms with Gasteiger partial charge in [-0.25, -0.2) is 4.39 Å². The number of nitrogens with two attached hydrogens (primary N) is 2. The Balaban J connectivity index is 1.45. The molecule has 9 nitrogen and oxygen atoms in total. The summed E-state index contributed by atoms with van der Waals surface area (Å²) < 4.78 is 13.4. The number of aromatic amines is 1. The molecule has 7 N–H and O–H groups in total. The molecule has 0 saturated carbocycles. The summed E-state index contributed by atoms with van der Waals surface area (Å²) in [5, 5.41) is 7.29. The van der Waals surface area contributed by atoms with Gasteiger partial charge in [-0.15, -0.1) is 0 Å². The number of halogens is 1. The number of aromatic nitrogens is 2. The van der Waals surface area contributed by atoms with E-state index in [4.69, 9.17) is 11.5 Å². The van der Waals surface area contributed by atoms with Crippen LogP contribution < -0.4 is 22.1 Å². The lowest BCUT2D eigenvalue weighted by Gasteiger charge is -2.16. The number of anilines is 2. The van der Waals surface area contributed by atoms with Crippen LogP contribution in [0.4, 0.5) is 15.8 Å². The molecule has 0 unspecified atom stereocenters. The number of nitrogens with one attached hydrogen (secondary N) is 3. The minimum Gasteiger partial charge on any atom is -0.366 e. The van der Waals surface area contributed by atoms with Crippen LogP contribution in [0.5, 0.6) is 0 Å². The van der Waals surface area contributed by atoms with Crippen LogP contribution in [0.15, 0.2) is 97.3 Å². The lowest BCUT2D eigenvalue weighted by atomic mass is 9.92. The molecule has 6 aromatic rings. The Labute approximate surface area is 244 Å². The van der Waals surface area contributed by atoms with E-state index in [2.05, 4.69) is 20.6 Å². The largest absolute Gasteiger partial charge is 0.366 e. The molecule has 0 bridgehead atoms. The number of H-pyrrole nitrogens is 1. The van der Waals surface area contributed by atoms with Crippen molar-refractivity contribution >= 4 is 50.9 Å². The van der Waals surface area contributed by atoms with Crippen molar-refractivity contribution in [3.05, 3.63) is 125 Å². The smallest absolute Gasteiger partial charge is 0.255 e. The Morgan fingerprint density at radius 2 is 1.53 bits per heavy atom. The third-order valence-corrected chi connectivity index (χ3v) is 7.24. The van der Waals surface area contributed by atoms with E-state index < -0.39 is 17.6 Å².